The number of aromatic nitrogens is 1. The van der Waals surface area contributed by atoms with Crippen molar-refractivity contribution in [1.82, 2.24) is 4.98 Å². The Morgan fingerprint density at radius 2 is 2.18 bits per heavy atom. The Balaban J connectivity index is 2.69. The predicted molar refractivity (Wildman–Crippen MR) is 36.7 cm³/mol. The molecule has 0 bridgehead atoms. The maximum atomic E-state index is 10.8. The number of hydrogen-bond donors (Lipinski definition) is 1. The first-order valence-corrected chi connectivity index (χ1v) is 3.02. The summed E-state index contributed by atoms with van der Waals surface area (Å²) in [5, 5.41) is 8.24. The van der Waals surface area contributed by atoms with Crippen LogP contribution in [-0.4, -0.2) is 22.9 Å². The van der Waals surface area contributed by atoms with Crippen LogP contribution in [0.15, 0.2) is 24.5 Å². The molecule has 4 heteroatoms. The van der Waals surface area contributed by atoms with Crippen molar-refractivity contribution in [3.63, 3.8) is 0 Å². The molecule has 0 atom stereocenters. The topological polar surface area (TPSA) is 59.4 Å². The number of rotatable bonds is 2. The van der Waals surface area contributed by atoms with Gasteiger partial charge in [-0.25, -0.2) is 4.79 Å². The SMILES string of the molecule is O=C(OCO)c1ccncc1. The molecule has 1 rings (SSSR count). The van der Waals surface area contributed by atoms with Gasteiger partial charge in [-0.3, -0.25) is 4.98 Å². The molecule has 0 unspecified atom stereocenters. The van der Waals surface area contributed by atoms with Crippen molar-refractivity contribution in [2.45, 2.75) is 0 Å². The molecule has 4 nitrogen and oxygen atoms in total. The smallest absolute Gasteiger partial charge is 0.340 e. The summed E-state index contributed by atoms with van der Waals surface area (Å²) in [6.07, 6.45) is 2.96. The normalized spacial score (nSPS) is 9.18. The van der Waals surface area contributed by atoms with Crippen LogP contribution in [0.4, 0.5) is 0 Å². The molecule has 1 aromatic rings. The van der Waals surface area contributed by atoms with E-state index in [1.54, 1.807) is 0 Å². The highest BCUT2D eigenvalue weighted by Gasteiger charge is 2.03. The highest BCUT2D eigenvalue weighted by atomic mass is 16.6. The maximum absolute atomic E-state index is 10.8. The van der Waals surface area contributed by atoms with Gasteiger partial charge in [-0.1, -0.05) is 0 Å². The van der Waals surface area contributed by atoms with Crippen molar-refractivity contribution in [2.24, 2.45) is 0 Å². The second-order valence-electron chi connectivity index (χ2n) is 1.80. The van der Waals surface area contributed by atoms with Crippen LogP contribution in [0.25, 0.3) is 0 Å². The first-order chi connectivity index (χ1) is 5.34. The van der Waals surface area contributed by atoms with Gasteiger partial charge in [0.25, 0.3) is 0 Å². The van der Waals surface area contributed by atoms with Gasteiger partial charge in [0.1, 0.15) is 0 Å². The van der Waals surface area contributed by atoms with Crippen LogP contribution in [0.2, 0.25) is 0 Å². The third kappa shape index (κ3) is 2.01. The van der Waals surface area contributed by atoms with E-state index in [1.807, 2.05) is 0 Å². The number of pyridine rings is 1. The fourth-order valence-electron chi connectivity index (χ4n) is 0.630. The number of aliphatic hydroxyl groups excluding tert-OH is 1. The summed E-state index contributed by atoms with van der Waals surface area (Å²) < 4.78 is 4.32. The summed E-state index contributed by atoms with van der Waals surface area (Å²) in [6.45, 7) is -0.596. The second kappa shape index (κ2) is 3.68. The van der Waals surface area contributed by atoms with Gasteiger partial charge >= 0.3 is 5.97 Å². The van der Waals surface area contributed by atoms with Gasteiger partial charge in [0.2, 0.25) is 0 Å². The Hall–Kier alpha value is -1.42. The Morgan fingerprint density at radius 3 is 2.73 bits per heavy atom. The standard InChI is InChI=1S/C7H7NO3/c9-5-11-7(10)6-1-3-8-4-2-6/h1-4,9H,5H2. The minimum Gasteiger partial charge on any atom is -0.435 e. The van der Waals surface area contributed by atoms with E-state index >= 15 is 0 Å². The van der Waals surface area contributed by atoms with E-state index in [0.717, 1.165) is 0 Å². The number of hydrogen-bond acceptors (Lipinski definition) is 4. The monoisotopic (exact) mass is 153 g/mol. The van der Waals surface area contributed by atoms with Crippen LogP contribution < -0.4 is 0 Å². The molecular formula is C7H7NO3. The Morgan fingerprint density at radius 1 is 1.55 bits per heavy atom. The molecule has 0 radical (unpaired) electrons. The molecule has 0 saturated heterocycles. The Labute approximate surface area is 63.5 Å². The molecule has 0 amide bonds. The summed E-state index contributed by atoms with van der Waals surface area (Å²) in [4.78, 5) is 14.6. The number of esters is 1. The lowest BCUT2D eigenvalue weighted by atomic mass is 10.3. The van der Waals surface area contributed by atoms with Crippen LogP contribution in [0.1, 0.15) is 10.4 Å². The van der Waals surface area contributed by atoms with Gasteiger partial charge in [0.05, 0.1) is 5.56 Å². The molecule has 58 valence electrons. The minimum absolute atomic E-state index is 0.383. The van der Waals surface area contributed by atoms with Crippen LogP contribution in [0.3, 0.4) is 0 Å². The quantitative estimate of drug-likeness (QED) is 0.486. The second-order valence-corrected chi connectivity index (χ2v) is 1.80. The molecule has 0 fully saturated rings. The highest BCUT2D eigenvalue weighted by Crippen LogP contribution is 1.97. The largest absolute Gasteiger partial charge is 0.435 e. The van der Waals surface area contributed by atoms with Crippen molar-refractivity contribution in [3.05, 3.63) is 30.1 Å². The summed E-state index contributed by atoms with van der Waals surface area (Å²) in [5.41, 5.74) is 0.383. The Kier molecular flexibility index (Phi) is 2.57. The van der Waals surface area contributed by atoms with Gasteiger partial charge in [-0.05, 0) is 12.1 Å². The number of nitrogens with zero attached hydrogens (tertiary/aromatic N) is 1. The molecule has 0 aliphatic carbocycles. The van der Waals surface area contributed by atoms with Gasteiger partial charge in [-0.2, -0.15) is 0 Å². The summed E-state index contributed by atoms with van der Waals surface area (Å²) >= 11 is 0. The average Bonchev–Trinajstić information content (AvgIpc) is 2.07. The molecule has 0 aliphatic rings. The van der Waals surface area contributed by atoms with Gasteiger partial charge in [-0.15, -0.1) is 0 Å². The van der Waals surface area contributed by atoms with E-state index in [-0.39, 0.29) is 0 Å². The lowest BCUT2D eigenvalue weighted by Crippen LogP contribution is -2.05. The molecule has 1 heterocycles. The molecule has 1 N–H and O–H groups in total. The minimum atomic E-state index is -0.596. The molecular weight excluding hydrogens is 146 g/mol. The Bertz CT molecular complexity index is 235. The zero-order valence-electron chi connectivity index (χ0n) is 5.73. The summed E-state index contributed by atoms with van der Waals surface area (Å²) in [6, 6.07) is 3.02. The van der Waals surface area contributed by atoms with Crippen LogP contribution in [-0.2, 0) is 4.74 Å². The number of carbonyl (C=O) groups is 1. The molecule has 0 spiro atoms. The van der Waals surface area contributed by atoms with Crippen molar-refractivity contribution >= 4 is 5.97 Å². The summed E-state index contributed by atoms with van der Waals surface area (Å²) in [5.74, 6) is -0.546. The van der Waals surface area contributed by atoms with Crippen LogP contribution >= 0.6 is 0 Å². The van der Waals surface area contributed by atoms with Gasteiger partial charge < -0.3 is 9.84 Å². The molecule has 1 aromatic heterocycles. The zero-order chi connectivity index (χ0) is 8.10. The van der Waals surface area contributed by atoms with E-state index < -0.39 is 12.8 Å². The third-order valence-electron chi connectivity index (χ3n) is 1.11. The van der Waals surface area contributed by atoms with E-state index in [4.69, 9.17) is 5.11 Å². The average molecular weight is 153 g/mol. The van der Waals surface area contributed by atoms with Crippen molar-refractivity contribution in [2.75, 3.05) is 6.79 Å². The van der Waals surface area contributed by atoms with Gasteiger partial charge in [0, 0.05) is 12.4 Å². The van der Waals surface area contributed by atoms with Gasteiger partial charge in [0.15, 0.2) is 6.79 Å². The van der Waals surface area contributed by atoms with E-state index in [2.05, 4.69) is 9.72 Å². The van der Waals surface area contributed by atoms with E-state index in [0.29, 0.717) is 5.56 Å². The maximum Gasteiger partial charge on any atom is 0.340 e. The van der Waals surface area contributed by atoms with Crippen LogP contribution in [0.5, 0.6) is 0 Å². The lowest BCUT2D eigenvalue weighted by molar-refractivity contribution is 0.00683. The van der Waals surface area contributed by atoms with Crippen molar-refractivity contribution < 1.29 is 14.6 Å². The molecule has 11 heavy (non-hydrogen) atoms. The fraction of sp³-hybridized carbons (Fsp3) is 0.143. The van der Waals surface area contributed by atoms with Crippen molar-refractivity contribution in [3.8, 4) is 0 Å². The van der Waals surface area contributed by atoms with Crippen molar-refractivity contribution in [1.29, 1.82) is 0 Å². The van der Waals surface area contributed by atoms with E-state index in [1.165, 1.54) is 24.5 Å². The molecule has 0 aliphatic heterocycles. The molecule has 0 saturated carbocycles. The lowest BCUT2D eigenvalue weighted by Gasteiger charge is -1.98. The zero-order valence-corrected chi connectivity index (χ0v) is 5.73. The highest BCUT2D eigenvalue weighted by molar-refractivity contribution is 5.89. The first kappa shape index (κ1) is 7.68. The fourth-order valence-corrected chi connectivity index (χ4v) is 0.630. The van der Waals surface area contributed by atoms with Crippen LogP contribution in [0, 0.1) is 0 Å². The number of carbonyl (C=O) groups excluding carboxylic acids is 1. The van der Waals surface area contributed by atoms with E-state index in [9.17, 15) is 4.79 Å². The number of ether oxygens (including phenoxy) is 1. The first-order valence-electron chi connectivity index (χ1n) is 3.02. The number of aliphatic hydroxyl groups is 1. The predicted octanol–water partition coefficient (Wildman–Crippen LogP) is 0.188. The molecule has 0 aromatic carbocycles. The summed E-state index contributed by atoms with van der Waals surface area (Å²) in [7, 11) is 0. The third-order valence-corrected chi connectivity index (χ3v) is 1.11.